The van der Waals surface area contributed by atoms with Gasteiger partial charge in [0.25, 0.3) is 0 Å². The van der Waals surface area contributed by atoms with Crippen molar-refractivity contribution in [1.82, 2.24) is 4.57 Å². The molecule has 92 valence electrons. The first-order valence-electron chi connectivity index (χ1n) is 5.71. The van der Waals surface area contributed by atoms with Crippen LogP contribution in [0.5, 0.6) is 11.5 Å². The van der Waals surface area contributed by atoms with Gasteiger partial charge in [-0.2, -0.15) is 0 Å². The molecule has 0 saturated heterocycles. The zero-order valence-electron chi connectivity index (χ0n) is 10.3. The molecule has 1 aromatic carbocycles. The number of benzene rings is 1. The molecule has 2 aromatic rings. The highest BCUT2D eigenvalue weighted by atomic mass is 16.5. The first-order chi connectivity index (χ1) is 8.30. The number of fused-ring (bicyclic) bond motifs is 1. The number of hydrogen-bond acceptors (Lipinski definition) is 3. The number of aryl methyl sites for hydroxylation is 1. The van der Waals surface area contributed by atoms with Crippen molar-refractivity contribution in [2.45, 2.75) is 13.0 Å². The lowest BCUT2D eigenvalue weighted by molar-refractivity contribution is 0.355. The van der Waals surface area contributed by atoms with E-state index in [9.17, 15) is 0 Å². The van der Waals surface area contributed by atoms with Crippen LogP contribution in [0.3, 0.4) is 0 Å². The van der Waals surface area contributed by atoms with Crippen LogP contribution in [0, 0.1) is 0 Å². The summed E-state index contributed by atoms with van der Waals surface area (Å²) in [5, 5.41) is 1.15. The Morgan fingerprint density at radius 1 is 1.18 bits per heavy atom. The Labute approximate surface area is 101 Å². The van der Waals surface area contributed by atoms with E-state index in [0.29, 0.717) is 6.54 Å². The fourth-order valence-corrected chi connectivity index (χ4v) is 1.97. The fourth-order valence-electron chi connectivity index (χ4n) is 1.97. The summed E-state index contributed by atoms with van der Waals surface area (Å²) in [4.78, 5) is 0. The Morgan fingerprint density at radius 2 is 1.88 bits per heavy atom. The van der Waals surface area contributed by atoms with E-state index in [1.165, 1.54) is 0 Å². The van der Waals surface area contributed by atoms with Crippen LogP contribution in [0.1, 0.15) is 6.42 Å². The van der Waals surface area contributed by atoms with Gasteiger partial charge in [0.1, 0.15) is 0 Å². The van der Waals surface area contributed by atoms with Gasteiger partial charge in [0.15, 0.2) is 11.5 Å². The monoisotopic (exact) mass is 234 g/mol. The van der Waals surface area contributed by atoms with Crippen molar-refractivity contribution in [2.24, 2.45) is 5.73 Å². The summed E-state index contributed by atoms with van der Waals surface area (Å²) in [6.45, 7) is 1.63. The van der Waals surface area contributed by atoms with Gasteiger partial charge in [-0.3, -0.25) is 0 Å². The van der Waals surface area contributed by atoms with E-state index in [4.69, 9.17) is 15.2 Å². The third-order valence-electron chi connectivity index (χ3n) is 2.88. The van der Waals surface area contributed by atoms with Crippen LogP contribution in [0.15, 0.2) is 24.4 Å². The van der Waals surface area contributed by atoms with Crippen molar-refractivity contribution in [3.63, 3.8) is 0 Å². The molecule has 0 spiro atoms. The van der Waals surface area contributed by atoms with Gasteiger partial charge in [-0.05, 0) is 25.1 Å². The largest absolute Gasteiger partial charge is 0.493 e. The molecule has 4 nitrogen and oxygen atoms in total. The molecule has 0 aliphatic heterocycles. The fraction of sp³-hybridized carbons (Fsp3) is 0.385. The van der Waals surface area contributed by atoms with Crippen molar-refractivity contribution < 1.29 is 9.47 Å². The highest BCUT2D eigenvalue weighted by molar-refractivity contribution is 5.84. The van der Waals surface area contributed by atoms with Crippen LogP contribution in [-0.4, -0.2) is 25.3 Å². The van der Waals surface area contributed by atoms with Gasteiger partial charge in [0.05, 0.1) is 19.7 Å². The van der Waals surface area contributed by atoms with Crippen LogP contribution < -0.4 is 15.2 Å². The van der Waals surface area contributed by atoms with Crippen LogP contribution in [-0.2, 0) is 6.54 Å². The van der Waals surface area contributed by atoms with Gasteiger partial charge >= 0.3 is 0 Å². The standard InChI is InChI=1S/C13H18N2O2/c1-16-12-8-10-4-7-15(6-3-5-14)11(10)9-13(12)17-2/h4,7-9H,3,5-6,14H2,1-2H3. The van der Waals surface area contributed by atoms with Gasteiger partial charge in [0.2, 0.25) is 0 Å². The van der Waals surface area contributed by atoms with E-state index >= 15 is 0 Å². The van der Waals surface area contributed by atoms with Gasteiger partial charge < -0.3 is 19.8 Å². The number of methoxy groups -OCH3 is 2. The van der Waals surface area contributed by atoms with Gasteiger partial charge in [-0.1, -0.05) is 0 Å². The Bertz CT molecular complexity index is 505. The van der Waals surface area contributed by atoms with E-state index in [1.807, 2.05) is 12.1 Å². The lowest BCUT2D eigenvalue weighted by atomic mass is 10.2. The molecule has 0 aliphatic carbocycles. The molecule has 0 aliphatic rings. The van der Waals surface area contributed by atoms with E-state index in [2.05, 4.69) is 16.8 Å². The molecule has 17 heavy (non-hydrogen) atoms. The van der Waals surface area contributed by atoms with Crippen LogP contribution in [0.4, 0.5) is 0 Å². The SMILES string of the molecule is COc1cc2ccn(CCCN)c2cc1OC. The Hall–Kier alpha value is -1.68. The second kappa shape index (κ2) is 5.10. The van der Waals surface area contributed by atoms with Crippen LogP contribution in [0.25, 0.3) is 10.9 Å². The third kappa shape index (κ3) is 2.22. The van der Waals surface area contributed by atoms with Crippen molar-refractivity contribution in [3.05, 3.63) is 24.4 Å². The van der Waals surface area contributed by atoms with Crippen LogP contribution in [0.2, 0.25) is 0 Å². The number of nitrogens with two attached hydrogens (primary N) is 1. The van der Waals surface area contributed by atoms with E-state index < -0.39 is 0 Å². The Kier molecular flexibility index (Phi) is 3.54. The van der Waals surface area contributed by atoms with E-state index in [0.717, 1.165) is 35.4 Å². The normalized spacial score (nSPS) is 10.8. The molecular weight excluding hydrogens is 216 g/mol. The minimum Gasteiger partial charge on any atom is -0.493 e. The summed E-state index contributed by atoms with van der Waals surface area (Å²) in [6.07, 6.45) is 3.04. The number of hydrogen-bond donors (Lipinski definition) is 1. The second-order valence-corrected chi connectivity index (χ2v) is 3.92. The van der Waals surface area contributed by atoms with Gasteiger partial charge in [0, 0.05) is 24.2 Å². The van der Waals surface area contributed by atoms with Gasteiger partial charge in [-0.25, -0.2) is 0 Å². The average molecular weight is 234 g/mol. The van der Waals surface area contributed by atoms with Crippen molar-refractivity contribution in [3.8, 4) is 11.5 Å². The molecule has 2 rings (SSSR count). The molecule has 1 heterocycles. The van der Waals surface area contributed by atoms with Crippen molar-refractivity contribution in [1.29, 1.82) is 0 Å². The maximum Gasteiger partial charge on any atom is 0.162 e. The summed E-state index contributed by atoms with van der Waals surface area (Å²) < 4.78 is 12.8. The molecule has 0 saturated carbocycles. The number of rotatable bonds is 5. The molecular formula is C13H18N2O2. The zero-order valence-corrected chi connectivity index (χ0v) is 10.3. The molecule has 0 atom stereocenters. The number of aromatic nitrogens is 1. The number of ether oxygens (including phenoxy) is 2. The molecule has 0 bridgehead atoms. The molecule has 0 radical (unpaired) electrons. The second-order valence-electron chi connectivity index (χ2n) is 3.92. The maximum absolute atomic E-state index is 5.53. The highest BCUT2D eigenvalue weighted by Crippen LogP contribution is 2.32. The van der Waals surface area contributed by atoms with E-state index in [1.54, 1.807) is 14.2 Å². The first kappa shape index (κ1) is 11.8. The lowest BCUT2D eigenvalue weighted by Crippen LogP contribution is -2.04. The quantitative estimate of drug-likeness (QED) is 0.861. The van der Waals surface area contributed by atoms with Crippen LogP contribution >= 0.6 is 0 Å². The molecule has 4 heteroatoms. The molecule has 0 fully saturated rings. The predicted molar refractivity (Wildman–Crippen MR) is 68.7 cm³/mol. The average Bonchev–Trinajstić information content (AvgIpc) is 2.76. The van der Waals surface area contributed by atoms with Gasteiger partial charge in [-0.15, -0.1) is 0 Å². The minimum atomic E-state index is 0.701. The summed E-state index contributed by atoms with van der Waals surface area (Å²) in [5.41, 5.74) is 6.68. The van der Waals surface area contributed by atoms with Crippen molar-refractivity contribution >= 4 is 10.9 Å². The maximum atomic E-state index is 5.53. The smallest absolute Gasteiger partial charge is 0.162 e. The Balaban J connectivity index is 2.45. The summed E-state index contributed by atoms with van der Waals surface area (Å²) in [5.74, 6) is 1.52. The first-order valence-corrected chi connectivity index (χ1v) is 5.71. The minimum absolute atomic E-state index is 0.701. The summed E-state index contributed by atoms with van der Waals surface area (Å²) in [7, 11) is 3.30. The summed E-state index contributed by atoms with van der Waals surface area (Å²) in [6, 6.07) is 6.08. The Morgan fingerprint density at radius 3 is 2.53 bits per heavy atom. The molecule has 0 amide bonds. The molecule has 0 unspecified atom stereocenters. The lowest BCUT2D eigenvalue weighted by Gasteiger charge is -2.09. The van der Waals surface area contributed by atoms with Crippen molar-refractivity contribution in [2.75, 3.05) is 20.8 Å². The molecule has 1 aromatic heterocycles. The zero-order chi connectivity index (χ0) is 12.3. The summed E-state index contributed by atoms with van der Waals surface area (Å²) >= 11 is 0. The highest BCUT2D eigenvalue weighted by Gasteiger charge is 2.08. The third-order valence-corrected chi connectivity index (χ3v) is 2.88. The topological polar surface area (TPSA) is 49.4 Å². The number of nitrogens with zero attached hydrogens (tertiary/aromatic N) is 1. The molecule has 2 N–H and O–H groups in total. The van der Waals surface area contributed by atoms with E-state index in [-0.39, 0.29) is 0 Å². The predicted octanol–water partition coefficient (Wildman–Crippen LogP) is 2.01.